The molecule has 2 heterocycles. The van der Waals surface area contributed by atoms with E-state index in [4.69, 9.17) is 4.74 Å². The van der Waals surface area contributed by atoms with Crippen LogP contribution in [0.3, 0.4) is 0 Å². The van der Waals surface area contributed by atoms with Gasteiger partial charge in [0.25, 0.3) is 0 Å². The van der Waals surface area contributed by atoms with Crippen LogP contribution in [0.15, 0.2) is 24.3 Å². The number of piperidine rings is 1. The van der Waals surface area contributed by atoms with E-state index >= 15 is 0 Å². The van der Waals surface area contributed by atoms with Crippen molar-refractivity contribution in [2.45, 2.75) is 50.7 Å². The van der Waals surface area contributed by atoms with Crippen LogP contribution < -0.4 is 10.1 Å². The Morgan fingerprint density at radius 3 is 2.70 bits per heavy atom. The maximum Gasteiger partial charge on any atom is 0.118 e. The summed E-state index contributed by atoms with van der Waals surface area (Å²) < 4.78 is 5.23. The molecule has 20 heavy (non-hydrogen) atoms. The van der Waals surface area contributed by atoms with Gasteiger partial charge in [0.1, 0.15) is 5.75 Å². The molecule has 0 bridgehead atoms. The molecule has 0 radical (unpaired) electrons. The fourth-order valence-corrected chi connectivity index (χ4v) is 3.75. The lowest BCUT2D eigenvalue weighted by molar-refractivity contribution is 0.177. The molecular formula is C17H26N2O. The Morgan fingerprint density at radius 1 is 1.15 bits per heavy atom. The smallest absolute Gasteiger partial charge is 0.118 e. The van der Waals surface area contributed by atoms with Gasteiger partial charge < -0.3 is 10.1 Å². The van der Waals surface area contributed by atoms with Crippen LogP contribution in [-0.2, 0) is 0 Å². The molecular weight excluding hydrogens is 248 g/mol. The van der Waals surface area contributed by atoms with Crippen LogP contribution in [0.1, 0.15) is 44.2 Å². The molecule has 2 fully saturated rings. The molecule has 1 aromatic rings. The molecule has 0 spiro atoms. The molecule has 3 atom stereocenters. The van der Waals surface area contributed by atoms with Crippen molar-refractivity contribution >= 4 is 0 Å². The standard InChI is InChI=1S/C17H26N2O/c1-13(14-6-8-15(20-2)9-7-14)18-16-10-12-19-11-4-3-5-17(16)19/h6-9,13,16-18H,3-5,10-12H2,1-2H3. The molecule has 3 rings (SSSR count). The van der Waals surface area contributed by atoms with E-state index in [1.807, 2.05) is 0 Å². The molecule has 2 saturated heterocycles. The van der Waals surface area contributed by atoms with Crippen LogP contribution in [0.25, 0.3) is 0 Å². The Kier molecular flexibility index (Phi) is 4.27. The third kappa shape index (κ3) is 2.84. The number of nitrogens with zero attached hydrogens (tertiary/aromatic N) is 1. The number of rotatable bonds is 4. The highest BCUT2D eigenvalue weighted by Crippen LogP contribution is 2.29. The first-order valence-electron chi connectivity index (χ1n) is 7.92. The Balaban J connectivity index is 1.61. The minimum Gasteiger partial charge on any atom is -0.497 e. The highest BCUT2D eigenvalue weighted by Gasteiger charge is 2.35. The van der Waals surface area contributed by atoms with Crippen LogP contribution in [0.5, 0.6) is 5.75 Å². The fourth-order valence-electron chi connectivity index (χ4n) is 3.75. The first-order valence-corrected chi connectivity index (χ1v) is 7.92. The molecule has 0 aliphatic carbocycles. The summed E-state index contributed by atoms with van der Waals surface area (Å²) in [5.74, 6) is 0.931. The van der Waals surface area contributed by atoms with E-state index in [1.54, 1.807) is 7.11 Å². The summed E-state index contributed by atoms with van der Waals surface area (Å²) in [6, 6.07) is 10.3. The summed E-state index contributed by atoms with van der Waals surface area (Å²) in [4.78, 5) is 2.68. The van der Waals surface area contributed by atoms with E-state index in [9.17, 15) is 0 Å². The Bertz CT molecular complexity index is 431. The topological polar surface area (TPSA) is 24.5 Å². The lowest BCUT2D eigenvalue weighted by Gasteiger charge is -2.34. The van der Waals surface area contributed by atoms with Crippen LogP contribution in [0, 0.1) is 0 Å². The highest BCUT2D eigenvalue weighted by molar-refractivity contribution is 5.29. The summed E-state index contributed by atoms with van der Waals surface area (Å²) in [5, 5.41) is 3.85. The molecule has 1 N–H and O–H groups in total. The normalized spacial score (nSPS) is 28.1. The number of methoxy groups -OCH3 is 1. The summed E-state index contributed by atoms with van der Waals surface area (Å²) >= 11 is 0. The molecule has 0 amide bonds. The summed E-state index contributed by atoms with van der Waals surface area (Å²) in [6.07, 6.45) is 5.45. The molecule has 3 nitrogen and oxygen atoms in total. The quantitative estimate of drug-likeness (QED) is 0.913. The zero-order valence-electron chi connectivity index (χ0n) is 12.6. The molecule has 3 unspecified atom stereocenters. The molecule has 2 aliphatic heterocycles. The summed E-state index contributed by atoms with van der Waals surface area (Å²) in [6.45, 7) is 4.85. The molecule has 3 heteroatoms. The number of hydrogen-bond acceptors (Lipinski definition) is 3. The first-order chi connectivity index (χ1) is 9.78. The van der Waals surface area contributed by atoms with E-state index in [1.165, 1.54) is 44.3 Å². The van der Waals surface area contributed by atoms with Crippen molar-refractivity contribution in [1.29, 1.82) is 0 Å². The van der Waals surface area contributed by atoms with Crippen LogP contribution in [0.4, 0.5) is 0 Å². The lowest BCUT2D eigenvalue weighted by atomic mass is 9.97. The lowest BCUT2D eigenvalue weighted by Crippen LogP contribution is -2.45. The number of fused-ring (bicyclic) bond motifs is 1. The summed E-state index contributed by atoms with van der Waals surface area (Å²) in [7, 11) is 1.72. The average Bonchev–Trinajstić information content (AvgIpc) is 2.91. The van der Waals surface area contributed by atoms with Crippen molar-refractivity contribution in [3.63, 3.8) is 0 Å². The molecule has 0 saturated carbocycles. The number of ether oxygens (including phenoxy) is 1. The van der Waals surface area contributed by atoms with Gasteiger partial charge in [-0.1, -0.05) is 18.6 Å². The van der Waals surface area contributed by atoms with Gasteiger partial charge in [0, 0.05) is 24.7 Å². The highest BCUT2D eigenvalue weighted by atomic mass is 16.5. The monoisotopic (exact) mass is 274 g/mol. The van der Waals surface area contributed by atoms with Crippen molar-refractivity contribution in [2.24, 2.45) is 0 Å². The van der Waals surface area contributed by atoms with Gasteiger partial charge in [0.2, 0.25) is 0 Å². The van der Waals surface area contributed by atoms with Crippen LogP contribution in [-0.4, -0.2) is 37.2 Å². The maximum absolute atomic E-state index is 5.23. The zero-order valence-corrected chi connectivity index (χ0v) is 12.6. The van der Waals surface area contributed by atoms with Crippen molar-refractivity contribution < 1.29 is 4.74 Å². The van der Waals surface area contributed by atoms with E-state index in [2.05, 4.69) is 41.4 Å². The van der Waals surface area contributed by atoms with E-state index in [0.29, 0.717) is 12.1 Å². The van der Waals surface area contributed by atoms with Gasteiger partial charge in [-0.2, -0.15) is 0 Å². The predicted molar refractivity (Wildman–Crippen MR) is 82.2 cm³/mol. The molecule has 0 aromatic heterocycles. The van der Waals surface area contributed by atoms with Gasteiger partial charge in [0.15, 0.2) is 0 Å². The van der Waals surface area contributed by atoms with Gasteiger partial charge in [-0.05, 0) is 50.4 Å². The van der Waals surface area contributed by atoms with Gasteiger partial charge in [-0.15, -0.1) is 0 Å². The SMILES string of the molecule is COc1ccc(C(C)NC2CCN3CCCCC23)cc1. The van der Waals surface area contributed by atoms with Gasteiger partial charge in [0.05, 0.1) is 7.11 Å². The van der Waals surface area contributed by atoms with Gasteiger partial charge in [-0.25, -0.2) is 0 Å². The summed E-state index contributed by atoms with van der Waals surface area (Å²) in [5.41, 5.74) is 1.35. The largest absolute Gasteiger partial charge is 0.497 e. The number of benzene rings is 1. The third-order valence-electron chi connectivity index (χ3n) is 4.94. The predicted octanol–water partition coefficient (Wildman–Crippen LogP) is 2.97. The van der Waals surface area contributed by atoms with E-state index in [-0.39, 0.29) is 0 Å². The molecule has 2 aliphatic rings. The minimum atomic E-state index is 0.410. The second kappa shape index (κ2) is 6.15. The van der Waals surface area contributed by atoms with Crippen molar-refractivity contribution in [2.75, 3.05) is 20.2 Å². The zero-order chi connectivity index (χ0) is 13.9. The molecule has 110 valence electrons. The van der Waals surface area contributed by atoms with Crippen LogP contribution >= 0.6 is 0 Å². The van der Waals surface area contributed by atoms with E-state index < -0.39 is 0 Å². The Labute approximate surface area is 122 Å². The average molecular weight is 274 g/mol. The Morgan fingerprint density at radius 2 is 1.95 bits per heavy atom. The van der Waals surface area contributed by atoms with Gasteiger partial charge in [-0.3, -0.25) is 4.90 Å². The van der Waals surface area contributed by atoms with Gasteiger partial charge >= 0.3 is 0 Å². The van der Waals surface area contributed by atoms with E-state index in [0.717, 1.165) is 11.8 Å². The second-order valence-corrected chi connectivity index (χ2v) is 6.16. The van der Waals surface area contributed by atoms with Crippen molar-refractivity contribution in [1.82, 2.24) is 10.2 Å². The Hall–Kier alpha value is -1.06. The number of nitrogens with one attached hydrogen (secondary N) is 1. The first kappa shape index (κ1) is 13.9. The maximum atomic E-state index is 5.23. The third-order valence-corrected chi connectivity index (χ3v) is 4.94. The fraction of sp³-hybridized carbons (Fsp3) is 0.647. The van der Waals surface area contributed by atoms with Crippen LogP contribution in [0.2, 0.25) is 0 Å². The number of hydrogen-bond donors (Lipinski definition) is 1. The minimum absolute atomic E-state index is 0.410. The molecule has 1 aromatic carbocycles. The second-order valence-electron chi connectivity index (χ2n) is 6.16. The van der Waals surface area contributed by atoms with Crippen molar-refractivity contribution in [3.05, 3.63) is 29.8 Å². The van der Waals surface area contributed by atoms with Crippen molar-refractivity contribution in [3.8, 4) is 5.75 Å².